The highest BCUT2D eigenvalue weighted by molar-refractivity contribution is 5.48. The molecule has 0 spiro atoms. The Hall–Kier alpha value is -2.01. The van der Waals surface area contributed by atoms with Gasteiger partial charge in [-0.25, -0.2) is 9.37 Å². The molecular formula is C16H19FN4. The molecule has 0 saturated carbocycles. The zero-order chi connectivity index (χ0) is 14.5. The van der Waals surface area contributed by atoms with Crippen molar-refractivity contribution in [2.75, 3.05) is 19.6 Å². The lowest BCUT2D eigenvalue weighted by Gasteiger charge is -2.30. The van der Waals surface area contributed by atoms with E-state index in [0.29, 0.717) is 5.92 Å². The molecule has 0 radical (unpaired) electrons. The van der Waals surface area contributed by atoms with Crippen molar-refractivity contribution >= 4 is 6.08 Å². The van der Waals surface area contributed by atoms with Gasteiger partial charge in [-0.3, -0.25) is 10.00 Å². The molecule has 0 aliphatic carbocycles. The van der Waals surface area contributed by atoms with Crippen LogP contribution in [-0.2, 0) is 0 Å². The van der Waals surface area contributed by atoms with Gasteiger partial charge in [0.15, 0.2) is 0 Å². The minimum absolute atomic E-state index is 0.196. The average molecular weight is 286 g/mol. The lowest BCUT2D eigenvalue weighted by Crippen LogP contribution is -2.34. The fourth-order valence-electron chi connectivity index (χ4n) is 2.77. The molecule has 2 heterocycles. The fraction of sp³-hybridized carbons (Fsp3) is 0.375. The van der Waals surface area contributed by atoms with Gasteiger partial charge in [-0.2, -0.15) is 5.10 Å². The second kappa shape index (κ2) is 6.63. The molecule has 1 aliphatic rings. The number of rotatable bonds is 4. The number of H-pyrrole nitrogens is 1. The van der Waals surface area contributed by atoms with E-state index in [1.807, 2.05) is 6.08 Å². The number of likely N-dealkylation sites (tertiary alicyclic amines) is 1. The molecule has 3 rings (SSSR count). The van der Waals surface area contributed by atoms with E-state index in [9.17, 15) is 4.39 Å². The number of piperidine rings is 1. The van der Waals surface area contributed by atoms with Gasteiger partial charge in [-0.1, -0.05) is 24.3 Å². The summed E-state index contributed by atoms with van der Waals surface area (Å²) in [6.45, 7) is 3.02. The van der Waals surface area contributed by atoms with Crippen LogP contribution in [0.2, 0.25) is 0 Å². The number of hydrogen-bond donors (Lipinski definition) is 1. The van der Waals surface area contributed by atoms with E-state index in [4.69, 9.17) is 0 Å². The van der Waals surface area contributed by atoms with E-state index in [0.717, 1.165) is 37.4 Å². The van der Waals surface area contributed by atoms with Gasteiger partial charge >= 0.3 is 0 Å². The van der Waals surface area contributed by atoms with Gasteiger partial charge in [0.1, 0.15) is 18.0 Å². The number of halogens is 1. The molecule has 1 atom stereocenters. The molecule has 1 saturated heterocycles. The van der Waals surface area contributed by atoms with Crippen LogP contribution in [0.15, 0.2) is 36.7 Å². The van der Waals surface area contributed by atoms with Crippen molar-refractivity contribution in [3.05, 3.63) is 53.9 Å². The molecule has 1 N–H and O–H groups in total. The van der Waals surface area contributed by atoms with Gasteiger partial charge in [0.25, 0.3) is 0 Å². The summed E-state index contributed by atoms with van der Waals surface area (Å²) in [7, 11) is 0. The molecule has 110 valence electrons. The third-order valence-electron chi connectivity index (χ3n) is 3.87. The first-order valence-corrected chi connectivity index (χ1v) is 7.31. The standard InChI is InChI=1S/C16H19FN4/c17-15-7-5-13(6-8-15)3-1-9-21-10-2-4-14(11-21)16-18-12-19-20-16/h1,3,5-8,12,14H,2,4,9-11H2,(H,18,19,20). The Morgan fingerprint density at radius 2 is 2.19 bits per heavy atom. The summed E-state index contributed by atoms with van der Waals surface area (Å²) in [6.07, 6.45) is 8.08. The summed E-state index contributed by atoms with van der Waals surface area (Å²) in [4.78, 5) is 6.68. The first kappa shape index (κ1) is 13.9. The van der Waals surface area contributed by atoms with Crippen molar-refractivity contribution in [3.8, 4) is 0 Å². The average Bonchev–Trinajstić information content (AvgIpc) is 3.04. The maximum absolute atomic E-state index is 12.8. The Morgan fingerprint density at radius 3 is 2.95 bits per heavy atom. The normalized spacial score (nSPS) is 20.1. The second-order valence-electron chi connectivity index (χ2n) is 5.42. The number of aromatic nitrogens is 3. The lowest BCUT2D eigenvalue weighted by molar-refractivity contribution is 0.224. The van der Waals surface area contributed by atoms with Gasteiger partial charge in [0, 0.05) is 19.0 Å². The van der Waals surface area contributed by atoms with Crippen LogP contribution in [0.4, 0.5) is 4.39 Å². The third-order valence-corrected chi connectivity index (χ3v) is 3.87. The Labute approximate surface area is 123 Å². The van der Waals surface area contributed by atoms with E-state index >= 15 is 0 Å². The van der Waals surface area contributed by atoms with Crippen molar-refractivity contribution in [2.45, 2.75) is 18.8 Å². The number of nitrogens with one attached hydrogen (secondary N) is 1. The quantitative estimate of drug-likeness (QED) is 0.940. The Bertz CT molecular complexity index is 577. The third kappa shape index (κ3) is 3.76. The lowest BCUT2D eigenvalue weighted by atomic mass is 9.97. The Morgan fingerprint density at radius 1 is 1.33 bits per heavy atom. The molecule has 4 nitrogen and oxygen atoms in total. The van der Waals surface area contributed by atoms with E-state index in [1.165, 1.54) is 18.6 Å². The molecule has 0 amide bonds. The summed E-state index contributed by atoms with van der Waals surface area (Å²) in [5, 5.41) is 6.91. The van der Waals surface area contributed by atoms with Crippen molar-refractivity contribution in [2.24, 2.45) is 0 Å². The molecule has 1 aromatic heterocycles. The summed E-state index contributed by atoms with van der Waals surface area (Å²) in [5.74, 6) is 1.24. The molecule has 1 aromatic carbocycles. The minimum atomic E-state index is -0.196. The molecule has 1 fully saturated rings. The van der Waals surface area contributed by atoms with Crippen molar-refractivity contribution in [3.63, 3.8) is 0 Å². The van der Waals surface area contributed by atoms with E-state index in [2.05, 4.69) is 26.2 Å². The van der Waals surface area contributed by atoms with E-state index in [1.54, 1.807) is 18.5 Å². The van der Waals surface area contributed by atoms with Crippen molar-refractivity contribution < 1.29 is 4.39 Å². The zero-order valence-corrected chi connectivity index (χ0v) is 11.9. The van der Waals surface area contributed by atoms with Gasteiger partial charge < -0.3 is 0 Å². The van der Waals surface area contributed by atoms with Crippen LogP contribution in [0, 0.1) is 5.82 Å². The van der Waals surface area contributed by atoms with Crippen LogP contribution in [-0.4, -0.2) is 39.7 Å². The zero-order valence-electron chi connectivity index (χ0n) is 11.9. The maximum atomic E-state index is 12.8. The largest absolute Gasteiger partial charge is 0.299 e. The second-order valence-corrected chi connectivity index (χ2v) is 5.42. The van der Waals surface area contributed by atoms with E-state index in [-0.39, 0.29) is 5.82 Å². The van der Waals surface area contributed by atoms with Crippen LogP contribution in [0.1, 0.15) is 30.1 Å². The number of hydrogen-bond acceptors (Lipinski definition) is 3. The van der Waals surface area contributed by atoms with Gasteiger partial charge in [0.2, 0.25) is 0 Å². The summed E-state index contributed by atoms with van der Waals surface area (Å²) in [6, 6.07) is 6.56. The highest BCUT2D eigenvalue weighted by atomic mass is 19.1. The van der Waals surface area contributed by atoms with E-state index < -0.39 is 0 Å². The molecule has 1 unspecified atom stereocenters. The van der Waals surface area contributed by atoms with Crippen LogP contribution in [0.5, 0.6) is 0 Å². The smallest absolute Gasteiger partial charge is 0.137 e. The maximum Gasteiger partial charge on any atom is 0.137 e. The SMILES string of the molecule is Fc1ccc(C=CCN2CCCC(c3ncn[nH]3)C2)cc1. The van der Waals surface area contributed by atoms with Crippen LogP contribution in [0.3, 0.4) is 0 Å². The van der Waals surface area contributed by atoms with Crippen LogP contribution < -0.4 is 0 Å². The molecule has 5 heteroatoms. The highest BCUT2D eigenvalue weighted by Gasteiger charge is 2.22. The number of aromatic amines is 1. The molecule has 21 heavy (non-hydrogen) atoms. The monoisotopic (exact) mass is 286 g/mol. The summed E-state index contributed by atoms with van der Waals surface area (Å²) >= 11 is 0. The van der Waals surface area contributed by atoms with Gasteiger partial charge in [-0.05, 0) is 37.1 Å². The first-order valence-electron chi connectivity index (χ1n) is 7.31. The molecule has 2 aromatic rings. The first-order chi connectivity index (χ1) is 10.3. The minimum Gasteiger partial charge on any atom is -0.299 e. The molecule has 0 bridgehead atoms. The van der Waals surface area contributed by atoms with Crippen LogP contribution >= 0.6 is 0 Å². The summed E-state index contributed by atoms with van der Waals surface area (Å²) in [5.41, 5.74) is 1.03. The van der Waals surface area contributed by atoms with Crippen molar-refractivity contribution in [1.29, 1.82) is 0 Å². The van der Waals surface area contributed by atoms with Gasteiger partial charge in [-0.15, -0.1) is 0 Å². The number of benzene rings is 1. The number of nitrogens with zero attached hydrogens (tertiary/aromatic N) is 3. The topological polar surface area (TPSA) is 44.8 Å². The predicted molar refractivity (Wildman–Crippen MR) is 80.2 cm³/mol. The highest BCUT2D eigenvalue weighted by Crippen LogP contribution is 2.23. The molecule has 1 aliphatic heterocycles. The summed E-state index contributed by atoms with van der Waals surface area (Å²) < 4.78 is 12.8. The Balaban J connectivity index is 1.54. The Kier molecular flexibility index (Phi) is 4.40. The van der Waals surface area contributed by atoms with Gasteiger partial charge in [0.05, 0.1) is 0 Å². The van der Waals surface area contributed by atoms with Crippen LogP contribution in [0.25, 0.3) is 6.08 Å². The fourth-order valence-corrected chi connectivity index (χ4v) is 2.77. The van der Waals surface area contributed by atoms with Crippen molar-refractivity contribution in [1.82, 2.24) is 20.1 Å². The molecular weight excluding hydrogens is 267 g/mol. The predicted octanol–water partition coefficient (Wildman–Crippen LogP) is 2.84.